The average Bonchev–Trinajstić information content (AvgIpc) is 2.79. The van der Waals surface area contributed by atoms with Gasteiger partial charge in [-0.15, -0.1) is 11.3 Å². The van der Waals surface area contributed by atoms with E-state index >= 15 is 0 Å². The fraction of sp³-hybridized carbons (Fsp3) is 0.250. The van der Waals surface area contributed by atoms with E-state index in [1.807, 2.05) is 18.2 Å². The average molecular weight is 329 g/mol. The molecular weight excluding hydrogens is 316 g/mol. The standard InChI is InChI=1S/C12H13BrN2O2S/c1-16-7-3-4-10(17-2)8(5-7)12-15-9(6-14)11(13)18-12/h3-5H,6,14H2,1-2H3. The Labute approximate surface area is 118 Å². The molecule has 2 N–H and O–H groups in total. The van der Waals surface area contributed by atoms with Gasteiger partial charge < -0.3 is 15.2 Å². The Bertz CT molecular complexity index is 557. The van der Waals surface area contributed by atoms with Crippen molar-refractivity contribution in [3.63, 3.8) is 0 Å². The summed E-state index contributed by atoms with van der Waals surface area (Å²) in [4.78, 5) is 4.49. The van der Waals surface area contributed by atoms with E-state index in [0.717, 1.165) is 31.6 Å². The number of thiazole rings is 1. The van der Waals surface area contributed by atoms with Gasteiger partial charge in [-0.1, -0.05) is 0 Å². The van der Waals surface area contributed by atoms with E-state index in [4.69, 9.17) is 15.2 Å². The summed E-state index contributed by atoms with van der Waals surface area (Å²) in [7, 11) is 3.27. The molecule has 0 aliphatic rings. The number of benzene rings is 1. The predicted molar refractivity (Wildman–Crippen MR) is 76.2 cm³/mol. The normalized spacial score (nSPS) is 10.4. The Balaban J connectivity index is 2.53. The van der Waals surface area contributed by atoms with Crippen LogP contribution in [0.4, 0.5) is 0 Å². The molecule has 1 aromatic carbocycles. The number of hydrogen-bond donors (Lipinski definition) is 1. The summed E-state index contributed by atoms with van der Waals surface area (Å²) < 4.78 is 11.5. The van der Waals surface area contributed by atoms with Crippen molar-refractivity contribution in [3.05, 3.63) is 27.7 Å². The Morgan fingerprint density at radius 3 is 2.67 bits per heavy atom. The number of ether oxygens (including phenoxy) is 2. The number of nitrogens with two attached hydrogens (primary N) is 1. The first kappa shape index (κ1) is 13.3. The van der Waals surface area contributed by atoms with Crippen molar-refractivity contribution in [2.24, 2.45) is 5.73 Å². The molecule has 0 aliphatic heterocycles. The van der Waals surface area contributed by atoms with Crippen LogP contribution in [0.2, 0.25) is 0 Å². The molecule has 0 bridgehead atoms. The molecule has 0 amide bonds. The molecule has 2 aromatic rings. The lowest BCUT2D eigenvalue weighted by Gasteiger charge is -2.08. The third-order valence-electron chi connectivity index (χ3n) is 2.48. The molecule has 0 unspecified atom stereocenters. The van der Waals surface area contributed by atoms with Gasteiger partial charge in [0, 0.05) is 6.54 Å². The second-order valence-corrected chi connectivity index (χ2v) is 5.83. The van der Waals surface area contributed by atoms with Crippen LogP contribution in [0, 0.1) is 0 Å². The summed E-state index contributed by atoms with van der Waals surface area (Å²) in [5, 5.41) is 0.859. The van der Waals surface area contributed by atoms with E-state index in [1.165, 1.54) is 11.3 Å². The number of methoxy groups -OCH3 is 2. The summed E-state index contributed by atoms with van der Waals surface area (Å²) in [5.74, 6) is 1.53. The van der Waals surface area contributed by atoms with Crippen LogP contribution in [0.5, 0.6) is 11.5 Å². The SMILES string of the molecule is COc1ccc(OC)c(-c2nc(CN)c(Br)s2)c1. The third kappa shape index (κ3) is 2.50. The van der Waals surface area contributed by atoms with Gasteiger partial charge in [0.1, 0.15) is 16.5 Å². The summed E-state index contributed by atoms with van der Waals surface area (Å²) in [6, 6.07) is 5.63. The Morgan fingerprint density at radius 1 is 1.33 bits per heavy atom. The maximum Gasteiger partial charge on any atom is 0.129 e. The highest BCUT2D eigenvalue weighted by atomic mass is 79.9. The van der Waals surface area contributed by atoms with Gasteiger partial charge in [0.25, 0.3) is 0 Å². The highest BCUT2D eigenvalue weighted by molar-refractivity contribution is 9.11. The number of hydrogen-bond acceptors (Lipinski definition) is 5. The van der Waals surface area contributed by atoms with Crippen molar-refractivity contribution in [3.8, 4) is 22.1 Å². The summed E-state index contributed by atoms with van der Waals surface area (Å²) in [6.45, 7) is 0.406. The number of aromatic nitrogens is 1. The first-order chi connectivity index (χ1) is 8.69. The van der Waals surface area contributed by atoms with Crippen LogP contribution in [0.15, 0.2) is 22.0 Å². The molecule has 2 rings (SSSR count). The minimum atomic E-state index is 0.406. The van der Waals surface area contributed by atoms with Crippen LogP contribution in [0.25, 0.3) is 10.6 Å². The minimum Gasteiger partial charge on any atom is -0.497 e. The number of nitrogens with zero attached hydrogens (tertiary/aromatic N) is 1. The van der Waals surface area contributed by atoms with Crippen molar-refractivity contribution in [2.75, 3.05) is 14.2 Å². The molecular formula is C12H13BrN2O2S. The van der Waals surface area contributed by atoms with Gasteiger partial charge in [-0.25, -0.2) is 4.98 Å². The van der Waals surface area contributed by atoms with Gasteiger partial charge in [0.05, 0.1) is 29.3 Å². The molecule has 0 fully saturated rings. The quantitative estimate of drug-likeness (QED) is 0.937. The van der Waals surface area contributed by atoms with E-state index in [0.29, 0.717) is 6.54 Å². The van der Waals surface area contributed by atoms with Crippen LogP contribution < -0.4 is 15.2 Å². The zero-order chi connectivity index (χ0) is 13.1. The van der Waals surface area contributed by atoms with Crippen LogP contribution >= 0.6 is 27.3 Å². The zero-order valence-corrected chi connectivity index (χ0v) is 12.5. The second-order valence-electron chi connectivity index (χ2n) is 3.51. The lowest BCUT2D eigenvalue weighted by Crippen LogP contribution is -1.97. The molecule has 0 saturated heterocycles. The van der Waals surface area contributed by atoms with Crippen molar-refractivity contribution in [1.29, 1.82) is 0 Å². The van der Waals surface area contributed by atoms with Crippen molar-refractivity contribution >= 4 is 27.3 Å². The van der Waals surface area contributed by atoms with Gasteiger partial charge in [-0.2, -0.15) is 0 Å². The molecule has 1 aromatic heterocycles. The lowest BCUT2D eigenvalue weighted by molar-refractivity contribution is 0.404. The van der Waals surface area contributed by atoms with E-state index in [1.54, 1.807) is 14.2 Å². The van der Waals surface area contributed by atoms with Gasteiger partial charge in [-0.3, -0.25) is 0 Å². The highest BCUT2D eigenvalue weighted by Gasteiger charge is 2.14. The second kappa shape index (κ2) is 5.69. The van der Waals surface area contributed by atoms with Crippen molar-refractivity contribution < 1.29 is 9.47 Å². The minimum absolute atomic E-state index is 0.406. The van der Waals surface area contributed by atoms with Crippen LogP contribution in [0.1, 0.15) is 5.69 Å². The molecule has 4 nitrogen and oxygen atoms in total. The van der Waals surface area contributed by atoms with E-state index < -0.39 is 0 Å². The molecule has 0 atom stereocenters. The topological polar surface area (TPSA) is 57.4 Å². The third-order valence-corrected chi connectivity index (χ3v) is 4.34. The molecule has 0 radical (unpaired) electrons. The Hall–Kier alpha value is -1.11. The van der Waals surface area contributed by atoms with Crippen LogP contribution in [-0.2, 0) is 6.54 Å². The molecule has 0 saturated carbocycles. The van der Waals surface area contributed by atoms with Crippen molar-refractivity contribution in [1.82, 2.24) is 4.98 Å². The van der Waals surface area contributed by atoms with Crippen LogP contribution in [-0.4, -0.2) is 19.2 Å². The fourth-order valence-electron chi connectivity index (χ4n) is 1.56. The van der Waals surface area contributed by atoms with E-state index in [2.05, 4.69) is 20.9 Å². The first-order valence-corrected chi connectivity index (χ1v) is 6.88. The lowest BCUT2D eigenvalue weighted by atomic mass is 10.2. The summed E-state index contributed by atoms with van der Waals surface area (Å²) >= 11 is 4.99. The van der Waals surface area contributed by atoms with E-state index in [9.17, 15) is 0 Å². The summed E-state index contributed by atoms with van der Waals surface area (Å²) in [6.07, 6.45) is 0. The molecule has 0 aliphatic carbocycles. The maximum atomic E-state index is 5.63. The monoisotopic (exact) mass is 328 g/mol. The number of rotatable bonds is 4. The van der Waals surface area contributed by atoms with Crippen LogP contribution in [0.3, 0.4) is 0 Å². The first-order valence-electron chi connectivity index (χ1n) is 5.27. The van der Waals surface area contributed by atoms with Gasteiger partial charge in [0.15, 0.2) is 0 Å². The van der Waals surface area contributed by atoms with Gasteiger partial charge in [0.2, 0.25) is 0 Å². The molecule has 96 valence electrons. The Morgan fingerprint density at radius 2 is 2.11 bits per heavy atom. The summed E-state index contributed by atoms with van der Waals surface area (Å²) in [5.41, 5.74) is 7.38. The van der Waals surface area contributed by atoms with Gasteiger partial charge >= 0.3 is 0 Å². The molecule has 18 heavy (non-hydrogen) atoms. The smallest absolute Gasteiger partial charge is 0.129 e. The molecule has 1 heterocycles. The molecule has 0 spiro atoms. The maximum absolute atomic E-state index is 5.63. The molecule has 6 heteroatoms. The largest absolute Gasteiger partial charge is 0.497 e. The van der Waals surface area contributed by atoms with Crippen molar-refractivity contribution in [2.45, 2.75) is 6.54 Å². The fourth-order valence-corrected chi connectivity index (χ4v) is 3.11. The highest BCUT2D eigenvalue weighted by Crippen LogP contribution is 2.38. The zero-order valence-electron chi connectivity index (χ0n) is 10.1. The van der Waals surface area contributed by atoms with E-state index in [-0.39, 0.29) is 0 Å². The Kier molecular flexibility index (Phi) is 4.21. The number of halogens is 1. The predicted octanol–water partition coefficient (Wildman–Crippen LogP) is 3.05. The van der Waals surface area contributed by atoms with Gasteiger partial charge in [-0.05, 0) is 34.1 Å².